The van der Waals surface area contributed by atoms with Crippen molar-refractivity contribution in [3.8, 4) is 0 Å². The number of ether oxygens (including phenoxy) is 1. The lowest BCUT2D eigenvalue weighted by molar-refractivity contribution is 0.0333. The van der Waals surface area contributed by atoms with Crippen LogP contribution in [0.15, 0.2) is 60.7 Å². The molecule has 1 atom stereocenters. The molecule has 1 aliphatic heterocycles. The van der Waals surface area contributed by atoms with E-state index in [0.29, 0.717) is 6.04 Å². The first-order chi connectivity index (χ1) is 14.7. The van der Waals surface area contributed by atoms with Gasteiger partial charge in [0.05, 0.1) is 13.2 Å². The predicted molar refractivity (Wildman–Crippen MR) is 128 cm³/mol. The van der Waals surface area contributed by atoms with Crippen molar-refractivity contribution in [1.82, 2.24) is 9.80 Å². The maximum atomic E-state index is 5.49. The molecule has 0 spiro atoms. The first-order valence-corrected chi connectivity index (χ1v) is 12.2. The summed E-state index contributed by atoms with van der Waals surface area (Å²) in [6, 6.07) is 22.4. The molecular weight excluding hydrogens is 387 g/mol. The van der Waals surface area contributed by atoms with Gasteiger partial charge < -0.3 is 9.64 Å². The molecule has 1 aliphatic carbocycles. The van der Waals surface area contributed by atoms with Crippen molar-refractivity contribution in [1.29, 1.82) is 0 Å². The second-order valence-corrected chi connectivity index (χ2v) is 10.2. The van der Waals surface area contributed by atoms with Crippen LogP contribution in [0.2, 0.25) is 0 Å². The number of likely N-dealkylation sites (N-methyl/N-ethyl adjacent to an activating group) is 1. The third kappa shape index (κ3) is 5.32. The molecule has 2 aromatic carbocycles. The first kappa shape index (κ1) is 22.0. The molecule has 1 saturated carbocycles. The molecule has 4 heteroatoms. The van der Waals surface area contributed by atoms with Crippen LogP contribution in [0.4, 0.5) is 0 Å². The molecule has 157 valence electrons. The highest BCUT2D eigenvalue weighted by atomic mass is 31.1. The number of hydrogen-bond acceptors (Lipinski definition) is 3. The van der Waals surface area contributed by atoms with Crippen LogP contribution in [0, 0.1) is 30.8 Å². The van der Waals surface area contributed by atoms with Gasteiger partial charge in [0.25, 0.3) is 0 Å². The topological polar surface area (TPSA) is 15.7 Å². The molecular formula is C26H32N2OP. The van der Waals surface area contributed by atoms with Gasteiger partial charge in [0, 0.05) is 43.8 Å². The molecule has 0 N–H and O–H groups in total. The second kappa shape index (κ2) is 10.9. The summed E-state index contributed by atoms with van der Waals surface area (Å²) in [7, 11) is 1.70. The lowest BCUT2D eigenvalue weighted by Crippen LogP contribution is -2.44. The molecule has 1 heterocycles. The summed E-state index contributed by atoms with van der Waals surface area (Å²) >= 11 is 0. The van der Waals surface area contributed by atoms with Crippen molar-refractivity contribution >= 4 is 18.5 Å². The predicted octanol–water partition coefficient (Wildman–Crippen LogP) is 3.50. The normalized spacial score (nSPS) is 20.3. The van der Waals surface area contributed by atoms with Crippen molar-refractivity contribution in [3.05, 3.63) is 91.5 Å². The smallest absolute Gasteiger partial charge is 0.0594 e. The average Bonchev–Trinajstić information content (AvgIpc) is 3.28. The van der Waals surface area contributed by atoms with Crippen molar-refractivity contribution in [2.24, 2.45) is 0 Å². The maximum Gasteiger partial charge on any atom is 0.0594 e. The van der Waals surface area contributed by atoms with E-state index >= 15 is 0 Å². The fraction of sp³-hybridized carbons (Fsp3) is 0.346. The molecule has 2 aliphatic rings. The van der Waals surface area contributed by atoms with E-state index in [1.165, 1.54) is 22.2 Å². The van der Waals surface area contributed by atoms with Gasteiger partial charge in [0.15, 0.2) is 0 Å². The molecule has 0 aromatic heterocycles. The first-order valence-electron chi connectivity index (χ1n) is 10.9. The minimum absolute atomic E-state index is 0.383. The van der Waals surface area contributed by atoms with E-state index < -0.39 is 7.92 Å². The average molecular weight is 420 g/mol. The Hall–Kier alpha value is -1.25. The van der Waals surface area contributed by atoms with E-state index in [4.69, 9.17) is 4.74 Å². The minimum Gasteiger partial charge on any atom is -0.379 e. The zero-order valence-corrected chi connectivity index (χ0v) is 19.0. The van der Waals surface area contributed by atoms with Crippen LogP contribution < -0.4 is 10.6 Å². The van der Waals surface area contributed by atoms with Crippen molar-refractivity contribution in [3.63, 3.8) is 0 Å². The van der Waals surface area contributed by atoms with Gasteiger partial charge >= 0.3 is 0 Å². The van der Waals surface area contributed by atoms with Crippen LogP contribution in [0.3, 0.4) is 0 Å². The van der Waals surface area contributed by atoms with Crippen LogP contribution in [0.1, 0.15) is 6.92 Å². The Morgan fingerprint density at radius 1 is 0.933 bits per heavy atom. The lowest BCUT2D eigenvalue weighted by atomic mass is 9.98. The van der Waals surface area contributed by atoms with E-state index in [9.17, 15) is 0 Å². The lowest BCUT2D eigenvalue weighted by Gasteiger charge is -2.37. The zero-order chi connectivity index (χ0) is 20.8. The summed E-state index contributed by atoms with van der Waals surface area (Å²) in [4.78, 5) is 5.01. The highest BCUT2D eigenvalue weighted by molar-refractivity contribution is 7.76. The van der Waals surface area contributed by atoms with E-state index in [1.54, 1.807) is 0 Å². The fourth-order valence-corrected chi connectivity index (χ4v) is 6.67. The largest absolute Gasteiger partial charge is 0.379 e. The van der Waals surface area contributed by atoms with E-state index in [1.807, 2.05) is 0 Å². The molecule has 4 rings (SSSR count). The highest BCUT2D eigenvalue weighted by Gasteiger charge is 2.40. The number of benzene rings is 2. The third-order valence-electron chi connectivity index (χ3n) is 6.08. The highest BCUT2D eigenvalue weighted by Crippen LogP contribution is 2.57. The molecule has 0 unspecified atom stereocenters. The number of rotatable bonds is 8. The van der Waals surface area contributed by atoms with Gasteiger partial charge in [0.2, 0.25) is 0 Å². The van der Waals surface area contributed by atoms with Gasteiger partial charge in [-0.15, -0.1) is 0 Å². The minimum atomic E-state index is -0.562. The van der Waals surface area contributed by atoms with E-state index in [-0.39, 0.29) is 0 Å². The van der Waals surface area contributed by atoms with Gasteiger partial charge in [-0.05, 0) is 51.8 Å². The summed E-state index contributed by atoms with van der Waals surface area (Å²) in [5.41, 5.74) is 1.48. The maximum absolute atomic E-state index is 5.49. The van der Waals surface area contributed by atoms with Gasteiger partial charge in [-0.25, -0.2) is 0 Å². The van der Waals surface area contributed by atoms with Crippen LogP contribution in [-0.4, -0.2) is 62.3 Å². The Labute approximate surface area is 184 Å². The molecule has 30 heavy (non-hydrogen) atoms. The molecule has 0 amide bonds. The van der Waals surface area contributed by atoms with E-state index in [2.05, 4.69) is 104 Å². The Bertz CT molecular complexity index is 711. The molecule has 1 saturated heterocycles. The summed E-state index contributed by atoms with van der Waals surface area (Å²) in [6.45, 7) is 8.36. The number of hydrogen-bond donors (Lipinski definition) is 0. The van der Waals surface area contributed by atoms with Crippen molar-refractivity contribution < 1.29 is 4.74 Å². The van der Waals surface area contributed by atoms with Gasteiger partial charge in [-0.2, -0.15) is 0 Å². The molecule has 0 bridgehead atoms. The molecule has 2 fully saturated rings. The van der Waals surface area contributed by atoms with Gasteiger partial charge in [-0.3, -0.25) is 4.90 Å². The number of morpholine rings is 1. The van der Waals surface area contributed by atoms with Crippen LogP contribution in [0.25, 0.3) is 0 Å². The molecule has 5 radical (unpaired) electrons. The van der Waals surface area contributed by atoms with Crippen LogP contribution in [0.5, 0.6) is 0 Å². The summed E-state index contributed by atoms with van der Waals surface area (Å²) in [5.74, 6) is 1.46. The van der Waals surface area contributed by atoms with Gasteiger partial charge in [0.1, 0.15) is 0 Å². The third-order valence-corrected chi connectivity index (χ3v) is 8.60. The van der Waals surface area contributed by atoms with Gasteiger partial charge in [-0.1, -0.05) is 60.7 Å². The Kier molecular flexibility index (Phi) is 7.95. The Morgan fingerprint density at radius 2 is 1.53 bits per heavy atom. The summed E-state index contributed by atoms with van der Waals surface area (Å²) < 4.78 is 5.49. The Morgan fingerprint density at radius 3 is 2.13 bits per heavy atom. The quantitative estimate of drug-likeness (QED) is 0.609. The monoisotopic (exact) mass is 419 g/mol. The van der Waals surface area contributed by atoms with E-state index in [0.717, 1.165) is 39.4 Å². The second-order valence-electron chi connectivity index (χ2n) is 7.98. The summed E-state index contributed by atoms with van der Waals surface area (Å²) in [5, 5.41) is 2.82. The molecule has 2 aromatic rings. The van der Waals surface area contributed by atoms with Crippen molar-refractivity contribution in [2.45, 2.75) is 13.0 Å². The zero-order valence-electron chi connectivity index (χ0n) is 18.1. The fourth-order valence-electron chi connectivity index (χ4n) is 4.12. The van der Waals surface area contributed by atoms with Crippen molar-refractivity contribution in [2.75, 3.05) is 46.4 Å². The standard InChI is InChI=1S/C26H32N2OP/c1-22(27(2)16-17-28-18-20-29-21-19-28)25-14-9-15-26(25)30(23-10-5-3-6-11-23)24-12-7-4-8-13-24/h3-15,22H,16-21H2,1-2H3/t22-/m0/s1. The summed E-state index contributed by atoms with van der Waals surface area (Å²) in [6.07, 6.45) is 6.90. The Balaban J connectivity index is 1.48. The number of nitrogens with zero attached hydrogens (tertiary/aromatic N) is 2. The SMILES string of the molecule is C[C@@H]([C]1[CH][CH][CH][C]1P(c1ccccc1)c1ccccc1)N(C)CCN1CCOCC1. The van der Waals surface area contributed by atoms with Crippen LogP contribution >= 0.6 is 7.92 Å². The van der Waals surface area contributed by atoms with Crippen LogP contribution in [-0.2, 0) is 4.74 Å². The molecule has 3 nitrogen and oxygen atoms in total.